The number of nitrogens with zero attached hydrogens (tertiary/aromatic N) is 2. The first kappa shape index (κ1) is 12.5. The van der Waals surface area contributed by atoms with E-state index in [1.54, 1.807) is 11.8 Å². The Morgan fingerprint density at radius 3 is 2.76 bits per heavy atom. The zero-order valence-corrected chi connectivity index (χ0v) is 11.3. The smallest absolute Gasteiger partial charge is 0.0987 e. The third-order valence-electron chi connectivity index (χ3n) is 2.42. The molecule has 0 aliphatic rings. The summed E-state index contributed by atoms with van der Waals surface area (Å²) in [5, 5.41) is 6.13. The van der Waals surface area contributed by atoms with Crippen LogP contribution in [0, 0.1) is 6.92 Å². The highest BCUT2D eigenvalue weighted by molar-refractivity contribution is 7.99. The highest BCUT2D eigenvalue weighted by Crippen LogP contribution is 2.31. The van der Waals surface area contributed by atoms with Crippen molar-refractivity contribution in [1.29, 1.82) is 0 Å². The summed E-state index contributed by atoms with van der Waals surface area (Å²) >= 11 is 7.61. The van der Waals surface area contributed by atoms with Gasteiger partial charge in [-0.2, -0.15) is 5.10 Å². The maximum Gasteiger partial charge on any atom is 0.0987 e. The molecule has 2 aromatic rings. The molecule has 0 saturated heterocycles. The summed E-state index contributed by atoms with van der Waals surface area (Å²) in [4.78, 5) is 1.12. The second-order valence-electron chi connectivity index (χ2n) is 3.81. The monoisotopic (exact) mass is 267 g/mol. The lowest BCUT2D eigenvalue weighted by Gasteiger charge is -2.07. The van der Waals surface area contributed by atoms with Crippen molar-refractivity contribution < 1.29 is 0 Å². The third kappa shape index (κ3) is 2.83. The van der Waals surface area contributed by atoms with Crippen molar-refractivity contribution in [3.05, 3.63) is 40.5 Å². The van der Waals surface area contributed by atoms with Crippen molar-refractivity contribution >= 4 is 23.4 Å². The molecule has 0 unspecified atom stereocenters. The standard InChI is InChI=1S/C12H14ClN3S/c1-8-5-12(16(2)15-8)17-11-4-3-10(13)6-9(11)7-14/h3-6H,7,14H2,1-2H3. The van der Waals surface area contributed by atoms with Crippen molar-refractivity contribution in [3.8, 4) is 0 Å². The molecule has 5 heteroatoms. The average Bonchev–Trinajstić information content (AvgIpc) is 2.60. The number of aryl methyl sites for hydroxylation is 2. The van der Waals surface area contributed by atoms with E-state index in [1.165, 1.54) is 0 Å². The second kappa shape index (κ2) is 5.12. The van der Waals surface area contributed by atoms with Crippen molar-refractivity contribution in [2.45, 2.75) is 23.4 Å². The number of halogens is 1. The van der Waals surface area contributed by atoms with Gasteiger partial charge >= 0.3 is 0 Å². The third-order valence-corrected chi connectivity index (χ3v) is 3.86. The number of nitrogens with two attached hydrogens (primary N) is 1. The molecule has 0 bridgehead atoms. The van der Waals surface area contributed by atoms with Crippen molar-refractivity contribution in [2.24, 2.45) is 12.8 Å². The van der Waals surface area contributed by atoms with Gasteiger partial charge in [0.2, 0.25) is 0 Å². The molecule has 0 amide bonds. The van der Waals surface area contributed by atoms with Crippen LogP contribution in [0.25, 0.3) is 0 Å². The predicted molar refractivity (Wildman–Crippen MR) is 71.4 cm³/mol. The molecule has 3 nitrogen and oxygen atoms in total. The summed E-state index contributed by atoms with van der Waals surface area (Å²) in [5.74, 6) is 0. The zero-order valence-electron chi connectivity index (χ0n) is 9.77. The van der Waals surface area contributed by atoms with Gasteiger partial charge in [-0.1, -0.05) is 23.4 Å². The lowest BCUT2D eigenvalue weighted by molar-refractivity contribution is 0.692. The van der Waals surface area contributed by atoms with E-state index < -0.39 is 0 Å². The Kier molecular flexibility index (Phi) is 3.76. The first-order chi connectivity index (χ1) is 8.10. The Labute approximate surface area is 110 Å². The number of aromatic nitrogens is 2. The number of hydrogen-bond donors (Lipinski definition) is 1. The van der Waals surface area contributed by atoms with E-state index in [-0.39, 0.29) is 0 Å². The molecule has 0 atom stereocenters. The molecule has 2 N–H and O–H groups in total. The first-order valence-electron chi connectivity index (χ1n) is 5.27. The summed E-state index contributed by atoms with van der Waals surface area (Å²) < 4.78 is 1.87. The molecule has 1 aromatic carbocycles. The molecule has 0 fully saturated rings. The molecule has 0 aliphatic carbocycles. The van der Waals surface area contributed by atoms with Gasteiger partial charge in [0.05, 0.1) is 10.7 Å². The lowest BCUT2D eigenvalue weighted by Crippen LogP contribution is -1.99. The van der Waals surface area contributed by atoms with Crippen molar-refractivity contribution in [2.75, 3.05) is 0 Å². The fourth-order valence-corrected chi connectivity index (χ4v) is 2.83. The van der Waals surface area contributed by atoms with E-state index in [0.717, 1.165) is 26.2 Å². The van der Waals surface area contributed by atoms with Crippen LogP contribution in [-0.2, 0) is 13.6 Å². The molecule has 0 aliphatic heterocycles. The van der Waals surface area contributed by atoms with Crippen LogP contribution in [0.4, 0.5) is 0 Å². The van der Waals surface area contributed by atoms with E-state index in [2.05, 4.69) is 11.2 Å². The van der Waals surface area contributed by atoms with E-state index in [1.807, 2.05) is 36.9 Å². The quantitative estimate of drug-likeness (QED) is 0.930. The van der Waals surface area contributed by atoms with Gasteiger partial charge in [-0.3, -0.25) is 4.68 Å². The molecule has 90 valence electrons. The van der Waals surface area contributed by atoms with E-state index in [9.17, 15) is 0 Å². The van der Waals surface area contributed by atoms with E-state index in [4.69, 9.17) is 17.3 Å². The Morgan fingerprint density at radius 2 is 2.18 bits per heavy atom. The van der Waals surface area contributed by atoms with E-state index in [0.29, 0.717) is 6.54 Å². The van der Waals surface area contributed by atoms with Crippen LogP contribution in [0.1, 0.15) is 11.3 Å². The van der Waals surface area contributed by atoms with Gasteiger partial charge in [0, 0.05) is 23.5 Å². The number of benzene rings is 1. The summed E-state index contributed by atoms with van der Waals surface area (Å²) in [6, 6.07) is 7.84. The van der Waals surface area contributed by atoms with Gasteiger partial charge in [0.25, 0.3) is 0 Å². The molecule has 2 rings (SSSR count). The molecule has 1 heterocycles. The molecule has 1 aromatic heterocycles. The van der Waals surface area contributed by atoms with Crippen LogP contribution in [0.5, 0.6) is 0 Å². The Morgan fingerprint density at radius 1 is 1.41 bits per heavy atom. The first-order valence-corrected chi connectivity index (χ1v) is 6.46. The van der Waals surface area contributed by atoms with Crippen molar-refractivity contribution in [1.82, 2.24) is 9.78 Å². The number of hydrogen-bond acceptors (Lipinski definition) is 3. The minimum Gasteiger partial charge on any atom is -0.326 e. The average molecular weight is 268 g/mol. The Balaban J connectivity index is 2.32. The van der Waals surface area contributed by atoms with Gasteiger partial charge in [-0.25, -0.2) is 0 Å². The molecule has 17 heavy (non-hydrogen) atoms. The lowest BCUT2D eigenvalue weighted by atomic mass is 10.2. The van der Waals surface area contributed by atoms with Gasteiger partial charge in [0.1, 0.15) is 0 Å². The Hall–Kier alpha value is -0.970. The van der Waals surface area contributed by atoms with Crippen LogP contribution in [0.15, 0.2) is 34.2 Å². The van der Waals surface area contributed by atoms with Gasteiger partial charge in [-0.05, 0) is 36.8 Å². The molecule has 0 radical (unpaired) electrons. The predicted octanol–water partition coefficient (Wildman–Crippen LogP) is 2.99. The molecular weight excluding hydrogens is 254 g/mol. The summed E-state index contributed by atoms with van der Waals surface area (Å²) in [6.45, 7) is 2.47. The van der Waals surface area contributed by atoms with E-state index >= 15 is 0 Å². The fraction of sp³-hybridized carbons (Fsp3) is 0.250. The van der Waals surface area contributed by atoms with Crippen LogP contribution in [-0.4, -0.2) is 9.78 Å². The van der Waals surface area contributed by atoms with Crippen LogP contribution in [0.3, 0.4) is 0 Å². The summed E-state index contributed by atoms with van der Waals surface area (Å²) in [7, 11) is 1.94. The van der Waals surface area contributed by atoms with Crippen LogP contribution < -0.4 is 5.73 Å². The largest absolute Gasteiger partial charge is 0.326 e. The Bertz CT molecular complexity index is 537. The SMILES string of the molecule is Cc1cc(Sc2ccc(Cl)cc2CN)n(C)n1. The number of rotatable bonds is 3. The molecular formula is C12H14ClN3S. The van der Waals surface area contributed by atoms with Crippen molar-refractivity contribution in [3.63, 3.8) is 0 Å². The highest BCUT2D eigenvalue weighted by Gasteiger charge is 2.08. The second-order valence-corrected chi connectivity index (χ2v) is 5.30. The maximum absolute atomic E-state index is 5.95. The van der Waals surface area contributed by atoms with Crippen LogP contribution in [0.2, 0.25) is 5.02 Å². The minimum atomic E-state index is 0.486. The minimum absolute atomic E-state index is 0.486. The van der Waals surface area contributed by atoms with Gasteiger partial charge in [0.15, 0.2) is 0 Å². The zero-order chi connectivity index (χ0) is 12.4. The fourth-order valence-electron chi connectivity index (χ4n) is 1.60. The normalized spacial score (nSPS) is 10.8. The molecule has 0 spiro atoms. The topological polar surface area (TPSA) is 43.8 Å². The summed E-state index contributed by atoms with van der Waals surface area (Å²) in [5.41, 5.74) is 7.79. The maximum atomic E-state index is 5.95. The van der Waals surface area contributed by atoms with Crippen LogP contribution >= 0.6 is 23.4 Å². The van der Waals surface area contributed by atoms with Gasteiger partial charge in [-0.15, -0.1) is 0 Å². The molecule has 0 saturated carbocycles. The highest BCUT2D eigenvalue weighted by atomic mass is 35.5. The van der Waals surface area contributed by atoms with Gasteiger partial charge < -0.3 is 5.73 Å². The summed E-state index contributed by atoms with van der Waals surface area (Å²) in [6.07, 6.45) is 0.